The molecule has 6 heteroatoms. The van der Waals surface area contributed by atoms with E-state index < -0.39 is 11.4 Å². The fraction of sp³-hybridized carbons (Fsp3) is 0.600. The minimum Gasteiger partial charge on any atom is -0.481 e. The van der Waals surface area contributed by atoms with Crippen LogP contribution < -0.4 is 0 Å². The number of carbonyl (C=O) groups excluding carboxylic acids is 1. The zero-order valence-electron chi connectivity index (χ0n) is 12.5. The van der Waals surface area contributed by atoms with Gasteiger partial charge in [0.25, 0.3) is 5.91 Å². The second-order valence-electron chi connectivity index (χ2n) is 6.18. The molecule has 4 nitrogen and oxygen atoms in total. The predicted octanol–water partition coefficient (Wildman–Crippen LogP) is 3.78. The molecule has 1 saturated heterocycles. The molecule has 0 spiro atoms. The Labute approximate surface area is 137 Å². The van der Waals surface area contributed by atoms with Crippen LogP contribution in [0, 0.1) is 18.3 Å². The van der Waals surface area contributed by atoms with Crippen molar-refractivity contribution in [2.24, 2.45) is 11.3 Å². The minimum atomic E-state index is -0.801. The molecule has 1 aromatic heterocycles. The number of aryl methyl sites for hydroxylation is 1. The summed E-state index contributed by atoms with van der Waals surface area (Å²) in [7, 11) is 0. The first-order valence-corrected chi connectivity index (χ1v) is 8.63. The van der Waals surface area contributed by atoms with Crippen LogP contribution in [0.1, 0.15) is 41.9 Å². The van der Waals surface area contributed by atoms with E-state index >= 15 is 0 Å². The van der Waals surface area contributed by atoms with Crippen LogP contribution in [0.25, 0.3) is 0 Å². The van der Waals surface area contributed by atoms with Crippen molar-refractivity contribution in [1.29, 1.82) is 0 Å². The van der Waals surface area contributed by atoms with E-state index in [0.29, 0.717) is 18.0 Å². The highest BCUT2D eigenvalue weighted by Crippen LogP contribution is 2.35. The molecule has 2 heterocycles. The Morgan fingerprint density at radius 2 is 2.14 bits per heavy atom. The Morgan fingerprint density at radius 3 is 2.67 bits per heavy atom. The molecule has 0 saturated carbocycles. The molecular formula is C15H20BrNO3S. The molecular weight excluding hydrogens is 354 g/mol. The van der Waals surface area contributed by atoms with Crippen LogP contribution in [0.2, 0.25) is 0 Å². The van der Waals surface area contributed by atoms with Crippen molar-refractivity contribution >= 4 is 39.1 Å². The van der Waals surface area contributed by atoms with E-state index in [0.717, 1.165) is 22.2 Å². The zero-order valence-corrected chi connectivity index (χ0v) is 14.9. The van der Waals surface area contributed by atoms with Crippen molar-refractivity contribution in [2.45, 2.75) is 33.6 Å². The van der Waals surface area contributed by atoms with Gasteiger partial charge in [0.05, 0.1) is 14.1 Å². The fourth-order valence-electron chi connectivity index (χ4n) is 2.65. The van der Waals surface area contributed by atoms with Gasteiger partial charge in [0, 0.05) is 13.1 Å². The smallest absolute Gasteiger partial charge is 0.309 e. The van der Waals surface area contributed by atoms with Crippen LogP contribution in [0.15, 0.2) is 9.85 Å². The van der Waals surface area contributed by atoms with Gasteiger partial charge in [-0.05, 0) is 67.1 Å². The second kappa shape index (κ2) is 6.08. The maximum atomic E-state index is 12.6. The first kappa shape index (κ1) is 16.5. The summed E-state index contributed by atoms with van der Waals surface area (Å²) in [5, 5.41) is 9.37. The Bertz CT molecular complexity index is 548. The molecule has 0 bridgehead atoms. The lowest BCUT2D eigenvalue weighted by Crippen LogP contribution is -2.46. The molecule has 1 N–H and O–H groups in total. The molecule has 1 fully saturated rings. The van der Waals surface area contributed by atoms with Crippen LogP contribution in [0.4, 0.5) is 0 Å². The number of carboxylic acid groups (broad SMARTS) is 1. The number of likely N-dealkylation sites (tertiary alicyclic amines) is 1. The van der Waals surface area contributed by atoms with E-state index in [4.69, 9.17) is 0 Å². The number of aliphatic carboxylic acids is 1. The van der Waals surface area contributed by atoms with Gasteiger partial charge in [-0.1, -0.05) is 0 Å². The molecule has 1 aliphatic heterocycles. The van der Waals surface area contributed by atoms with Gasteiger partial charge in [0.15, 0.2) is 0 Å². The minimum absolute atomic E-state index is 0.00259. The van der Waals surface area contributed by atoms with E-state index in [1.165, 1.54) is 11.3 Å². The highest BCUT2D eigenvalue weighted by atomic mass is 79.9. The lowest BCUT2D eigenvalue weighted by molar-refractivity contribution is -0.151. The van der Waals surface area contributed by atoms with E-state index in [-0.39, 0.29) is 11.8 Å². The summed E-state index contributed by atoms with van der Waals surface area (Å²) in [6, 6.07) is 1.89. The van der Waals surface area contributed by atoms with Gasteiger partial charge >= 0.3 is 5.97 Å². The quantitative estimate of drug-likeness (QED) is 0.876. The third kappa shape index (κ3) is 3.31. The van der Waals surface area contributed by atoms with Gasteiger partial charge in [-0.3, -0.25) is 9.59 Å². The van der Waals surface area contributed by atoms with Crippen LogP contribution in [-0.2, 0) is 4.79 Å². The van der Waals surface area contributed by atoms with E-state index in [9.17, 15) is 14.7 Å². The molecule has 116 valence electrons. The van der Waals surface area contributed by atoms with Crippen molar-refractivity contribution < 1.29 is 14.7 Å². The van der Waals surface area contributed by atoms with Gasteiger partial charge in [-0.25, -0.2) is 0 Å². The van der Waals surface area contributed by atoms with Gasteiger partial charge < -0.3 is 10.0 Å². The fourth-order valence-corrected chi connectivity index (χ4v) is 4.15. The van der Waals surface area contributed by atoms with E-state index in [1.807, 2.05) is 13.0 Å². The van der Waals surface area contributed by atoms with Crippen LogP contribution in [0.5, 0.6) is 0 Å². The lowest BCUT2D eigenvalue weighted by atomic mass is 9.74. The number of thiophene rings is 1. The molecule has 21 heavy (non-hydrogen) atoms. The molecule has 0 aliphatic carbocycles. The number of halogens is 1. The number of amides is 1. The summed E-state index contributed by atoms with van der Waals surface area (Å²) in [6.07, 6.45) is 1.72. The van der Waals surface area contributed by atoms with Crippen molar-refractivity contribution in [3.63, 3.8) is 0 Å². The number of hydrogen-bond donors (Lipinski definition) is 1. The summed E-state index contributed by atoms with van der Waals surface area (Å²) in [6.45, 7) is 6.69. The maximum Gasteiger partial charge on any atom is 0.309 e. The number of rotatable bonds is 3. The summed E-state index contributed by atoms with van der Waals surface area (Å²) in [5.41, 5.74) is 0.257. The van der Waals surface area contributed by atoms with Crippen molar-refractivity contribution in [1.82, 2.24) is 4.90 Å². The maximum absolute atomic E-state index is 12.6. The van der Waals surface area contributed by atoms with Gasteiger partial charge in [0.1, 0.15) is 0 Å². The normalized spacial score (nSPS) is 19.6. The average molecular weight is 374 g/mol. The molecule has 1 amide bonds. The van der Waals surface area contributed by atoms with Crippen LogP contribution in [-0.4, -0.2) is 35.0 Å². The second-order valence-corrected chi connectivity index (χ2v) is 8.55. The zero-order chi connectivity index (χ0) is 15.8. The third-order valence-corrected chi connectivity index (χ3v) is 6.47. The first-order chi connectivity index (χ1) is 9.73. The first-order valence-electron chi connectivity index (χ1n) is 7.02. The van der Waals surface area contributed by atoms with Crippen LogP contribution in [0.3, 0.4) is 0 Å². The standard InChI is InChI=1S/C15H20BrNO3S/c1-9-7-11(21-12(9)16)13(18)17-6-4-5-10(8-17)15(2,3)14(19)20/h7,10H,4-6,8H2,1-3H3,(H,19,20). The highest BCUT2D eigenvalue weighted by Gasteiger charge is 2.40. The largest absolute Gasteiger partial charge is 0.481 e. The molecule has 0 radical (unpaired) electrons. The van der Waals surface area contributed by atoms with Crippen molar-refractivity contribution in [2.75, 3.05) is 13.1 Å². The molecule has 1 aromatic rings. The highest BCUT2D eigenvalue weighted by molar-refractivity contribution is 9.11. The topological polar surface area (TPSA) is 57.6 Å². The van der Waals surface area contributed by atoms with Crippen molar-refractivity contribution in [3.8, 4) is 0 Å². The molecule has 1 aliphatic rings. The summed E-state index contributed by atoms with van der Waals surface area (Å²) in [4.78, 5) is 26.5. The van der Waals surface area contributed by atoms with E-state index in [2.05, 4.69) is 15.9 Å². The van der Waals surface area contributed by atoms with E-state index in [1.54, 1.807) is 18.7 Å². The monoisotopic (exact) mass is 373 g/mol. The summed E-state index contributed by atoms with van der Waals surface area (Å²) >= 11 is 4.88. The summed E-state index contributed by atoms with van der Waals surface area (Å²) < 4.78 is 0.977. The molecule has 1 atom stereocenters. The molecule has 2 rings (SSSR count). The number of piperidine rings is 1. The van der Waals surface area contributed by atoms with Gasteiger partial charge in [0.2, 0.25) is 0 Å². The summed E-state index contributed by atoms with van der Waals surface area (Å²) in [5.74, 6) is -0.784. The number of carboxylic acids is 1. The van der Waals surface area contributed by atoms with Crippen LogP contribution >= 0.6 is 27.3 Å². The Hall–Kier alpha value is -0.880. The number of hydrogen-bond acceptors (Lipinski definition) is 3. The number of carbonyl (C=O) groups is 2. The predicted molar refractivity (Wildman–Crippen MR) is 86.8 cm³/mol. The molecule has 1 unspecified atom stereocenters. The van der Waals surface area contributed by atoms with Crippen molar-refractivity contribution in [3.05, 3.63) is 20.3 Å². The van der Waals surface area contributed by atoms with Gasteiger partial charge in [-0.15, -0.1) is 11.3 Å². The number of nitrogens with zero attached hydrogens (tertiary/aromatic N) is 1. The Balaban J connectivity index is 2.14. The Morgan fingerprint density at radius 1 is 1.48 bits per heavy atom. The SMILES string of the molecule is Cc1cc(C(=O)N2CCCC(C(C)(C)C(=O)O)C2)sc1Br. The molecule has 0 aromatic carbocycles. The third-order valence-electron chi connectivity index (χ3n) is 4.35. The van der Waals surface area contributed by atoms with Gasteiger partial charge in [-0.2, -0.15) is 0 Å². The Kier molecular flexibility index (Phi) is 4.78. The lowest BCUT2D eigenvalue weighted by Gasteiger charge is -2.39. The average Bonchev–Trinajstić information content (AvgIpc) is 2.78.